The molecule has 2 aromatic carbocycles. The summed E-state index contributed by atoms with van der Waals surface area (Å²) < 4.78 is 0. The van der Waals surface area contributed by atoms with Crippen LogP contribution in [0.4, 0.5) is 0 Å². The largest absolute Gasteiger partial charge is 0.311 e. The maximum Gasteiger partial charge on any atom is 0.0221 e. The highest BCUT2D eigenvalue weighted by Crippen LogP contribution is 2.19. The van der Waals surface area contributed by atoms with Crippen LogP contribution in [0.2, 0.25) is 0 Å². The number of likely N-dealkylation sites (N-methyl/N-ethyl adjacent to an activating group) is 1. The summed E-state index contributed by atoms with van der Waals surface area (Å²) in [5.74, 6) is 0. The lowest BCUT2D eigenvalue weighted by Gasteiger charge is -2.23. The second-order valence-electron chi connectivity index (χ2n) is 6.12. The van der Waals surface area contributed by atoms with Crippen molar-refractivity contribution in [1.29, 1.82) is 0 Å². The van der Waals surface area contributed by atoms with Gasteiger partial charge in [0.2, 0.25) is 0 Å². The highest BCUT2D eigenvalue weighted by Gasteiger charge is 2.21. The average molecular weight is 294 g/mol. The van der Waals surface area contributed by atoms with Crippen LogP contribution in [0.5, 0.6) is 0 Å². The monoisotopic (exact) mass is 294 g/mol. The molecule has 0 aromatic heterocycles. The summed E-state index contributed by atoms with van der Waals surface area (Å²) in [5.41, 5.74) is 3.93. The Labute approximate surface area is 134 Å². The van der Waals surface area contributed by atoms with Crippen LogP contribution < -0.4 is 5.32 Å². The highest BCUT2D eigenvalue weighted by atomic mass is 15.2. The summed E-state index contributed by atoms with van der Waals surface area (Å²) in [6.45, 7) is 6.78. The van der Waals surface area contributed by atoms with Gasteiger partial charge in [0, 0.05) is 19.1 Å². The van der Waals surface area contributed by atoms with E-state index in [2.05, 4.69) is 71.7 Å². The molecule has 1 aliphatic heterocycles. The number of rotatable bonds is 6. The number of likely N-dealkylation sites (tertiary alicyclic amines) is 1. The first-order chi connectivity index (χ1) is 10.9. The Hall–Kier alpha value is -1.64. The smallest absolute Gasteiger partial charge is 0.0221 e. The second-order valence-corrected chi connectivity index (χ2v) is 6.12. The lowest BCUT2D eigenvalue weighted by atomic mass is 10.0. The first kappa shape index (κ1) is 15.3. The molecular formula is C20H26N2. The van der Waals surface area contributed by atoms with Crippen molar-refractivity contribution in [2.45, 2.75) is 32.4 Å². The van der Waals surface area contributed by atoms with E-state index in [0.29, 0.717) is 0 Å². The summed E-state index contributed by atoms with van der Waals surface area (Å²) in [6, 6.07) is 20.2. The van der Waals surface area contributed by atoms with Crippen LogP contribution in [0.15, 0.2) is 54.6 Å². The molecular weight excluding hydrogens is 268 g/mol. The van der Waals surface area contributed by atoms with Crippen molar-refractivity contribution in [3.8, 4) is 11.1 Å². The van der Waals surface area contributed by atoms with Crippen molar-refractivity contribution in [3.05, 3.63) is 60.2 Å². The maximum atomic E-state index is 3.63. The zero-order valence-corrected chi connectivity index (χ0v) is 13.5. The number of nitrogens with one attached hydrogen (secondary N) is 1. The summed E-state index contributed by atoms with van der Waals surface area (Å²) in [5, 5.41) is 3.63. The van der Waals surface area contributed by atoms with E-state index in [1.54, 1.807) is 0 Å². The molecule has 0 saturated carbocycles. The van der Waals surface area contributed by atoms with E-state index in [1.165, 1.54) is 42.6 Å². The Balaban J connectivity index is 1.51. The number of hydrogen-bond acceptors (Lipinski definition) is 2. The van der Waals surface area contributed by atoms with Gasteiger partial charge in [-0.3, -0.25) is 4.90 Å². The molecule has 1 N–H and O–H groups in total. The maximum absolute atomic E-state index is 3.63. The Morgan fingerprint density at radius 2 is 1.73 bits per heavy atom. The van der Waals surface area contributed by atoms with Crippen LogP contribution >= 0.6 is 0 Å². The number of hydrogen-bond donors (Lipinski definition) is 1. The van der Waals surface area contributed by atoms with Gasteiger partial charge in [0.05, 0.1) is 0 Å². The molecule has 1 heterocycles. The van der Waals surface area contributed by atoms with Crippen molar-refractivity contribution in [3.63, 3.8) is 0 Å². The predicted octanol–water partition coefficient (Wildman–Crippen LogP) is 3.93. The zero-order chi connectivity index (χ0) is 15.2. The Bertz CT molecular complexity index is 562. The van der Waals surface area contributed by atoms with Crippen LogP contribution in [-0.2, 0) is 6.54 Å². The molecule has 0 unspecified atom stereocenters. The molecule has 0 bridgehead atoms. The molecule has 0 aliphatic carbocycles. The Morgan fingerprint density at radius 3 is 2.45 bits per heavy atom. The van der Waals surface area contributed by atoms with Crippen molar-refractivity contribution in [1.82, 2.24) is 10.2 Å². The first-order valence-corrected chi connectivity index (χ1v) is 8.46. The van der Waals surface area contributed by atoms with E-state index in [-0.39, 0.29) is 0 Å². The number of benzene rings is 2. The summed E-state index contributed by atoms with van der Waals surface area (Å²) in [6.07, 6.45) is 2.69. The van der Waals surface area contributed by atoms with Crippen molar-refractivity contribution in [2.75, 3.05) is 19.6 Å². The minimum Gasteiger partial charge on any atom is -0.311 e. The minimum atomic E-state index is 0.730. The van der Waals surface area contributed by atoms with E-state index in [1.807, 2.05) is 0 Å². The molecule has 1 fully saturated rings. The van der Waals surface area contributed by atoms with Crippen molar-refractivity contribution < 1.29 is 0 Å². The van der Waals surface area contributed by atoms with Crippen LogP contribution in [0.25, 0.3) is 11.1 Å². The predicted molar refractivity (Wildman–Crippen MR) is 93.9 cm³/mol. The van der Waals surface area contributed by atoms with Gasteiger partial charge in [-0.1, -0.05) is 61.5 Å². The molecule has 22 heavy (non-hydrogen) atoms. The lowest BCUT2D eigenvalue weighted by Crippen LogP contribution is -2.37. The van der Waals surface area contributed by atoms with Crippen molar-refractivity contribution in [2.24, 2.45) is 0 Å². The van der Waals surface area contributed by atoms with E-state index in [9.17, 15) is 0 Å². The third-order valence-corrected chi connectivity index (χ3v) is 4.68. The second kappa shape index (κ2) is 7.57. The van der Waals surface area contributed by atoms with Crippen molar-refractivity contribution >= 4 is 0 Å². The zero-order valence-electron chi connectivity index (χ0n) is 13.5. The van der Waals surface area contributed by atoms with Gasteiger partial charge in [0.1, 0.15) is 0 Å². The quantitative estimate of drug-likeness (QED) is 0.868. The molecule has 2 aromatic rings. The molecule has 2 heteroatoms. The normalized spacial score (nSPS) is 18.7. The topological polar surface area (TPSA) is 15.3 Å². The molecule has 1 atom stereocenters. The van der Waals surface area contributed by atoms with Crippen LogP contribution in [0, 0.1) is 0 Å². The van der Waals surface area contributed by atoms with Crippen LogP contribution in [0.1, 0.15) is 25.3 Å². The number of nitrogens with zero attached hydrogens (tertiary/aromatic N) is 1. The fourth-order valence-electron chi connectivity index (χ4n) is 3.37. The molecule has 116 valence electrons. The fraction of sp³-hybridized carbons (Fsp3) is 0.400. The minimum absolute atomic E-state index is 0.730. The van der Waals surface area contributed by atoms with Crippen LogP contribution in [-0.4, -0.2) is 30.6 Å². The van der Waals surface area contributed by atoms with Gasteiger partial charge in [0.15, 0.2) is 0 Å². The molecule has 3 rings (SSSR count). The Kier molecular flexibility index (Phi) is 5.25. The molecule has 0 spiro atoms. The lowest BCUT2D eigenvalue weighted by molar-refractivity contribution is 0.260. The first-order valence-electron chi connectivity index (χ1n) is 8.46. The van der Waals surface area contributed by atoms with Gasteiger partial charge in [-0.15, -0.1) is 0 Å². The van der Waals surface area contributed by atoms with E-state index < -0.39 is 0 Å². The molecule has 2 nitrogen and oxygen atoms in total. The van der Waals surface area contributed by atoms with Gasteiger partial charge >= 0.3 is 0 Å². The van der Waals surface area contributed by atoms with Gasteiger partial charge in [-0.25, -0.2) is 0 Å². The average Bonchev–Trinajstić information content (AvgIpc) is 3.04. The summed E-state index contributed by atoms with van der Waals surface area (Å²) in [4.78, 5) is 2.59. The molecule has 0 amide bonds. The van der Waals surface area contributed by atoms with Crippen LogP contribution in [0.3, 0.4) is 0 Å². The fourth-order valence-corrected chi connectivity index (χ4v) is 3.37. The Morgan fingerprint density at radius 1 is 1.00 bits per heavy atom. The molecule has 0 radical (unpaired) electrons. The summed E-state index contributed by atoms with van der Waals surface area (Å²) in [7, 11) is 0. The van der Waals surface area contributed by atoms with Gasteiger partial charge in [0.25, 0.3) is 0 Å². The molecule has 1 aliphatic rings. The van der Waals surface area contributed by atoms with Gasteiger partial charge < -0.3 is 5.32 Å². The van der Waals surface area contributed by atoms with Gasteiger partial charge in [-0.2, -0.15) is 0 Å². The standard InChI is InChI=1S/C20H26N2/c1-2-22-14-6-9-20(22)16-21-15-17-10-12-19(13-11-17)18-7-4-3-5-8-18/h3-5,7-8,10-13,20-21H,2,6,9,14-16H2,1H3/t20-/m1/s1. The summed E-state index contributed by atoms with van der Waals surface area (Å²) >= 11 is 0. The van der Waals surface area contributed by atoms with E-state index in [0.717, 1.165) is 19.1 Å². The third-order valence-electron chi connectivity index (χ3n) is 4.68. The highest BCUT2D eigenvalue weighted by molar-refractivity contribution is 5.63. The van der Waals surface area contributed by atoms with E-state index in [4.69, 9.17) is 0 Å². The SMILES string of the molecule is CCN1CCC[C@@H]1CNCc1ccc(-c2ccccc2)cc1. The van der Waals surface area contributed by atoms with E-state index >= 15 is 0 Å². The molecule has 1 saturated heterocycles. The van der Waals surface area contributed by atoms with Gasteiger partial charge in [-0.05, 0) is 42.6 Å². The third kappa shape index (κ3) is 3.76.